The quantitative estimate of drug-likeness (QED) is 0.601. The van der Waals surface area contributed by atoms with Crippen molar-refractivity contribution in [3.63, 3.8) is 0 Å². The predicted octanol–water partition coefficient (Wildman–Crippen LogP) is 3.23. The molecule has 1 aromatic heterocycles. The van der Waals surface area contributed by atoms with Gasteiger partial charge in [0.25, 0.3) is 0 Å². The molecule has 4 nitrogen and oxygen atoms in total. The summed E-state index contributed by atoms with van der Waals surface area (Å²) in [4.78, 5) is 16.3. The maximum absolute atomic E-state index is 11.4. The molecule has 1 rings (SSSR count). The summed E-state index contributed by atoms with van der Waals surface area (Å²) in [7, 11) is 1.39. The molecule has 1 heterocycles. The summed E-state index contributed by atoms with van der Waals surface area (Å²) >= 11 is 1.36. The van der Waals surface area contributed by atoms with Gasteiger partial charge in [0.2, 0.25) is 0 Å². The van der Waals surface area contributed by atoms with Crippen LogP contribution in [-0.2, 0) is 4.74 Å². The molecule has 0 bridgehead atoms. The lowest BCUT2D eigenvalue weighted by Crippen LogP contribution is -2.00. The van der Waals surface area contributed by atoms with Crippen molar-refractivity contribution >= 4 is 22.4 Å². The molecule has 0 aromatic carbocycles. The largest absolute Gasteiger partial charge is 0.465 e. The summed E-state index contributed by atoms with van der Waals surface area (Å²) in [6.45, 7) is 4.93. The lowest BCUT2D eigenvalue weighted by Gasteiger charge is -2.01. The molecule has 1 aromatic rings. The van der Waals surface area contributed by atoms with E-state index < -0.39 is 0 Å². The third-order valence-corrected chi connectivity index (χ3v) is 3.57. The van der Waals surface area contributed by atoms with Crippen LogP contribution < -0.4 is 5.32 Å². The number of thiazole rings is 1. The molecule has 0 fully saturated rings. The van der Waals surface area contributed by atoms with E-state index in [2.05, 4.69) is 17.2 Å². The van der Waals surface area contributed by atoms with Crippen LogP contribution in [-0.4, -0.2) is 24.6 Å². The highest BCUT2D eigenvalue weighted by atomic mass is 32.1. The minimum atomic E-state index is -0.306. The monoisotopic (exact) mass is 256 g/mol. The molecule has 0 saturated heterocycles. The van der Waals surface area contributed by atoms with Crippen LogP contribution in [0.25, 0.3) is 0 Å². The van der Waals surface area contributed by atoms with Crippen LogP contribution in [0.5, 0.6) is 0 Å². The SMILES string of the molecule is CCCCCCNc1nc(C)c(C(=O)OC)s1. The fraction of sp³-hybridized carbons (Fsp3) is 0.667. The molecule has 0 aliphatic rings. The van der Waals surface area contributed by atoms with Gasteiger partial charge in [0, 0.05) is 6.54 Å². The number of anilines is 1. The molecule has 0 aliphatic carbocycles. The van der Waals surface area contributed by atoms with Gasteiger partial charge in [0.05, 0.1) is 12.8 Å². The first-order valence-electron chi connectivity index (χ1n) is 5.98. The number of nitrogens with zero attached hydrogens (tertiary/aromatic N) is 1. The van der Waals surface area contributed by atoms with E-state index in [-0.39, 0.29) is 5.97 Å². The highest BCUT2D eigenvalue weighted by Gasteiger charge is 2.14. The molecule has 1 N–H and O–H groups in total. The molecule has 0 spiro atoms. The van der Waals surface area contributed by atoms with Gasteiger partial charge in [-0.25, -0.2) is 9.78 Å². The molecule has 5 heteroatoms. The predicted molar refractivity (Wildman–Crippen MR) is 70.8 cm³/mol. The van der Waals surface area contributed by atoms with Crippen LogP contribution in [0.2, 0.25) is 0 Å². The zero-order valence-corrected chi connectivity index (χ0v) is 11.5. The molecule has 96 valence electrons. The normalized spacial score (nSPS) is 10.3. The first-order chi connectivity index (χ1) is 8.19. The second kappa shape index (κ2) is 7.27. The number of methoxy groups -OCH3 is 1. The molecular formula is C12H20N2O2S. The van der Waals surface area contributed by atoms with E-state index in [1.165, 1.54) is 37.7 Å². The van der Waals surface area contributed by atoms with E-state index >= 15 is 0 Å². The van der Waals surface area contributed by atoms with Gasteiger partial charge in [-0.15, -0.1) is 0 Å². The maximum atomic E-state index is 11.4. The molecule has 0 saturated carbocycles. The average molecular weight is 256 g/mol. The Kier molecular flexibility index (Phi) is 5.97. The Morgan fingerprint density at radius 3 is 2.82 bits per heavy atom. The summed E-state index contributed by atoms with van der Waals surface area (Å²) in [6.07, 6.45) is 4.88. The van der Waals surface area contributed by atoms with Crippen LogP contribution in [0.15, 0.2) is 0 Å². The van der Waals surface area contributed by atoms with Gasteiger partial charge in [0.1, 0.15) is 4.88 Å². The van der Waals surface area contributed by atoms with E-state index in [0.717, 1.165) is 23.8 Å². The summed E-state index contributed by atoms with van der Waals surface area (Å²) in [5.74, 6) is -0.306. The van der Waals surface area contributed by atoms with E-state index in [1.54, 1.807) is 0 Å². The van der Waals surface area contributed by atoms with Crippen LogP contribution in [0.3, 0.4) is 0 Å². The minimum Gasteiger partial charge on any atom is -0.465 e. The van der Waals surface area contributed by atoms with Crippen LogP contribution >= 0.6 is 11.3 Å². The van der Waals surface area contributed by atoms with E-state index in [4.69, 9.17) is 4.74 Å². The number of hydrogen-bond acceptors (Lipinski definition) is 5. The fourth-order valence-electron chi connectivity index (χ4n) is 1.50. The molecule has 0 aliphatic heterocycles. The van der Waals surface area contributed by atoms with E-state index in [1.807, 2.05) is 6.92 Å². The van der Waals surface area contributed by atoms with Gasteiger partial charge in [-0.3, -0.25) is 0 Å². The van der Waals surface area contributed by atoms with Crippen molar-refractivity contribution in [2.75, 3.05) is 19.0 Å². The number of aromatic nitrogens is 1. The van der Waals surface area contributed by atoms with Crippen LogP contribution in [0, 0.1) is 6.92 Å². The number of carbonyl (C=O) groups is 1. The van der Waals surface area contributed by atoms with Crippen molar-refractivity contribution in [2.24, 2.45) is 0 Å². The zero-order chi connectivity index (χ0) is 12.7. The third kappa shape index (κ3) is 4.34. The number of nitrogens with one attached hydrogen (secondary N) is 1. The smallest absolute Gasteiger partial charge is 0.350 e. The summed E-state index contributed by atoms with van der Waals surface area (Å²) < 4.78 is 4.69. The number of rotatable bonds is 7. The molecule has 0 atom stereocenters. The van der Waals surface area contributed by atoms with Crippen molar-refractivity contribution in [3.05, 3.63) is 10.6 Å². The number of carbonyl (C=O) groups excluding carboxylic acids is 1. The van der Waals surface area contributed by atoms with E-state index in [9.17, 15) is 4.79 Å². The summed E-state index contributed by atoms with van der Waals surface area (Å²) in [5, 5.41) is 4.05. The maximum Gasteiger partial charge on any atom is 0.350 e. The molecule has 0 radical (unpaired) electrons. The number of unbranched alkanes of at least 4 members (excludes halogenated alkanes) is 3. The van der Waals surface area contributed by atoms with Gasteiger partial charge >= 0.3 is 5.97 Å². The number of esters is 1. The highest BCUT2D eigenvalue weighted by Crippen LogP contribution is 2.23. The highest BCUT2D eigenvalue weighted by molar-refractivity contribution is 7.17. The van der Waals surface area contributed by atoms with Crippen LogP contribution in [0.4, 0.5) is 5.13 Å². The molecule has 0 amide bonds. The first kappa shape index (κ1) is 14.0. The number of ether oxygens (including phenoxy) is 1. The van der Waals surface area contributed by atoms with Gasteiger partial charge < -0.3 is 10.1 Å². The average Bonchev–Trinajstić information content (AvgIpc) is 2.69. The minimum absolute atomic E-state index is 0.306. The lowest BCUT2D eigenvalue weighted by molar-refractivity contribution is 0.0605. The molecule has 17 heavy (non-hydrogen) atoms. The van der Waals surface area contributed by atoms with Gasteiger partial charge in [-0.1, -0.05) is 37.5 Å². The van der Waals surface area contributed by atoms with E-state index in [0.29, 0.717) is 4.88 Å². The summed E-state index contributed by atoms with van der Waals surface area (Å²) in [6, 6.07) is 0. The number of aryl methyl sites for hydroxylation is 1. The van der Waals surface area contributed by atoms with Crippen molar-refractivity contribution in [2.45, 2.75) is 39.5 Å². The Hall–Kier alpha value is -1.10. The third-order valence-electron chi connectivity index (χ3n) is 2.47. The first-order valence-corrected chi connectivity index (χ1v) is 6.80. The van der Waals surface area contributed by atoms with Crippen molar-refractivity contribution in [1.29, 1.82) is 0 Å². The second-order valence-electron chi connectivity index (χ2n) is 3.91. The standard InChI is InChI=1S/C12H20N2O2S/c1-4-5-6-7-8-13-12-14-9(2)10(17-12)11(15)16-3/h4-8H2,1-3H3,(H,13,14). The van der Waals surface area contributed by atoms with Gasteiger partial charge in [-0.05, 0) is 13.3 Å². The Morgan fingerprint density at radius 1 is 1.41 bits per heavy atom. The Balaban J connectivity index is 2.42. The Labute approximate surface area is 106 Å². The zero-order valence-electron chi connectivity index (χ0n) is 10.7. The second-order valence-corrected chi connectivity index (χ2v) is 4.91. The Bertz CT molecular complexity index is 363. The Morgan fingerprint density at radius 2 is 2.18 bits per heavy atom. The fourth-order valence-corrected chi connectivity index (χ4v) is 2.41. The van der Waals surface area contributed by atoms with Crippen molar-refractivity contribution in [3.8, 4) is 0 Å². The van der Waals surface area contributed by atoms with Crippen molar-refractivity contribution in [1.82, 2.24) is 4.98 Å². The van der Waals surface area contributed by atoms with Gasteiger partial charge in [0.15, 0.2) is 5.13 Å². The van der Waals surface area contributed by atoms with Gasteiger partial charge in [-0.2, -0.15) is 0 Å². The van der Waals surface area contributed by atoms with Crippen molar-refractivity contribution < 1.29 is 9.53 Å². The topological polar surface area (TPSA) is 51.2 Å². The lowest BCUT2D eigenvalue weighted by atomic mass is 10.2. The summed E-state index contributed by atoms with van der Waals surface area (Å²) in [5.41, 5.74) is 0.734. The molecule has 0 unspecified atom stereocenters. The van der Waals surface area contributed by atoms with Crippen LogP contribution in [0.1, 0.15) is 48.0 Å². The molecular weight excluding hydrogens is 236 g/mol. The number of hydrogen-bond donors (Lipinski definition) is 1.